The molecule has 5 heteroatoms. The van der Waals surface area contributed by atoms with E-state index in [2.05, 4.69) is 15.9 Å². The fraction of sp³-hybridized carbons (Fsp3) is 0.357. The number of methoxy groups -OCH3 is 1. The minimum Gasteiger partial charge on any atom is -0.493 e. The molecule has 1 aromatic rings. The monoisotopic (exact) mass is 326 g/mol. The first-order valence-electron chi connectivity index (χ1n) is 5.93. The zero-order chi connectivity index (χ0) is 13.7. The van der Waals surface area contributed by atoms with E-state index in [-0.39, 0.29) is 18.2 Å². The van der Waals surface area contributed by atoms with Crippen molar-refractivity contribution in [2.45, 2.75) is 18.3 Å². The van der Waals surface area contributed by atoms with Gasteiger partial charge in [0.25, 0.3) is 0 Å². The van der Waals surface area contributed by atoms with E-state index in [1.165, 1.54) is 0 Å². The average Bonchev–Trinajstić information content (AvgIpc) is 2.48. The van der Waals surface area contributed by atoms with Gasteiger partial charge in [0.1, 0.15) is 12.2 Å². The Morgan fingerprint density at radius 1 is 1.37 bits per heavy atom. The van der Waals surface area contributed by atoms with Gasteiger partial charge in [-0.3, -0.25) is 0 Å². The average molecular weight is 327 g/mol. The van der Waals surface area contributed by atoms with Gasteiger partial charge in [-0.15, -0.1) is 0 Å². The quantitative estimate of drug-likeness (QED) is 0.630. The third-order valence-corrected chi connectivity index (χ3v) is 3.53. The van der Waals surface area contributed by atoms with E-state index in [4.69, 9.17) is 14.2 Å². The van der Waals surface area contributed by atoms with E-state index in [9.17, 15) is 4.79 Å². The highest BCUT2D eigenvalue weighted by molar-refractivity contribution is 9.09. The first-order chi connectivity index (χ1) is 9.26. The Labute approximate surface area is 120 Å². The first kappa shape index (κ1) is 14.1. The van der Waals surface area contributed by atoms with E-state index in [0.29, 0.717) is 10.9 Å². The Morgan fingerprint density at radius 2 is 2.11 bits per heavy atom. The molecule has 4 nitrogen and oxygen atoms in total. The molecule has 0 bridgehead atoms. The zero-order valence-corrected chi connectivity index (χ0v) is 12.1. The fourth-order valence-electron chi connectivity index (χ4n) is 1.87. The Hall–Kier alpha value is -1.33. The Bertz CT molecular complexity index is 446. The highest BCUT2D eigenvalue weighted by Gasteiger charge is 2.35. The van der Waals surface area contributed by atoms with Crippen molar-refractivity contribution < 1.29 is 19.0 Å². The second-order valence-corrected chi connectivity index (χ2v) is 4.74. The van der Waals surface area contributed by atoms with E-state index in [1.807, 2.05) is 6.07 Å². The van der Waals surface area contributed by atoms with Crippen LogP contribution in [-0.2, 0) is 14.2 Å². The van der Waals surface area contributed by atoms with Crippen molar-refractivity contribution in [1.29, 1.82) is 0 Å². The van der Waals surface area contributed by atoms with Gasteiger partial charge in [0.2, 0.25) is 0 Å². The van der Waals surface area contributed by atoms with Gasteiger partial charge in [0.15, 0.2) is 6.10 Å². The molecule has 0 radical (unpaired) electrons. The molecule has 3 atom stereocenters. The minimum atomic E-state index is -0.470. The molecule has 0 N–H and O–H groups in total. The van der Waals surface area contributed by atoms with Crippen LogP contribution in [0.1, 0.15) is 10.4 Å². The summed E-state index contributed by atoms with van der Waals surface area (Å²) in [6.07, 6.45) is 2.28. The predicted molar refractivity (Wildman–Crippen MR) is 74.2 cm³/mol. The molecule has 0 fully saturated rings. The Morgan fingerprint density at radius 3 is 2.74 bits per heavy atom. The molecule has 102 valence electrons. The maximum atomic E-state index is 12.1. The van der Waals surface area contributed by atoms with Crippen LogP contribution in [0.4, 0.5) is 0 Å². The molecule has 0 saturated heterocycles. The van der Waals surface area contributed by atoms with Crippen LogP contribution in [0.5, 0.6) is 0 Å². The number of carbonyl (C=O) groups excluding carboxylic acids is 1. The van der Waals surface area contributed by atoms with Crippen LogP contribution >= 0.6 is 15.9 Å². The largest absolute Gasteiger partial charge is 0.493 e. The number of benzene rings is 1. The number of hydrogen-bond donors (Lipinski definition) is 0. The summed E-state index contributed by atoms with van der Waals surface area (Å²) in [7, 11) is 1.58. The van der Waals surface area contributed by atoms with Gasteiger partial charge >= 0.3 is 5.97 Å². The molecule has 0 amide bonds. The molecular weight excluding hydrogens is 312 g/mol. The summed E-state index contributed by atoms with van der Waals surface area (Å²) in [5.74, 6) is -0.377. The van der Waals surface area contributed by atoms with Crippen LogP contribution in [-0.4, -0.2) is 36.7 Å². The third-order valence-electron chi connectivity index (χ3n) is 2.89. The summed E-state index contributed by atoms with van der Waals surface area (Å²) in [4.78, 5) is 12.1. The molecule has 1 aliphatic heterocycles. The van der Waals surface area contributed by atoms with Crippen LogP contribution in [0.25, 0.3) is 0 Å². The van der Waals surface area contributed by atoms with Crippen molar-refractivity contribution in [2.75, 3.05) is 12.4 Å². The van der Waals surface area contributed by atoms with Crippen molar-refractivity contribution in [3.63, 3.8) is 0 Å². The van der Waals surface area contributed by atoms with Crippen LogP contribution in [0, 0.1) is 0 Å². The normalized spacial score (nSPS) is 25.7. The SMILES string of the molecule is COC1C=COC(CBr)[C@H]1OC(=O)c1ccccc1. The van der Waals surface area contributed by atoms with Gasteiger partial charge in [-0.05, 0) is 18.2 Å². The number of hydrogen-bond acceptors (Lipinski definition) is 4. The summed E-state index contributed by atoms with van der Waals surface area (Å²) in [5, 5.41) is 0.559. The maximum Gasteiger partial charge on any atom is 0.338 e. The summed E-state index contributed by atoms with van der Waals surface area (Å²) in [6.45, 7) is 0. The van der Waals surface area contributed by atoms with E-state index >= 15 is 0 Å². The molecule has 0 saturated carbocycles. The van der Waals surface area contributed by atoms with Crippen LogP contribution < -0.4 is 0 Å². The lowest BCUT2D eigenvalue weighted by Crippen LogP contribution is -2.45. The summed E-state index contributed by atoms with van der Waals surface area (Å²) in [5.41, 5.74) is 0.514. The number of esters is 1. The Balaban J connectivity index is 2.11. The second-order valence-electron chi connectivity index (χ2n) is 4.09. The Kier molecular flexibility index (Phi) is 4.99. The zero-order valence-electron chi connectivity index (χ0n) is 10.5. The maximum absolute atomic E-state index is 12.1. The van der Waals surface area contributed by atoms with Gasteiger partial charge in [-0.1, -0.05) is 34.1 Å². The summed E-state index contributed by atoms with van der Waals surface area (Å²) >= 11 is 3.35. The molecule has 1 heterocycles. The fourth-order valence-corrected chi connectivity index (χ4v) is 2.39. The van der Waals surface area contributed by atoms with Gasteiger partial charge in [0, 0.05) is 12.4 Å². The van der Waals surface area contributed by atoms with Crippen molar-refractivity contribution in [1.82, 2.24) is 0 Å². The van der Waals surface area contributed by atoms with Crippen LogP contribution in [0.3, 0.4) is 0 Å². The predicted octanol–water partition coefficient (Wildman–Crippen LogP) is 2.53. The molecule has 19 heavy (non-hydrogen) atoms. The molecule has 0 aromatic heterocycles. The standard InChI is InChI=1S/C14H15BrO4/c1-17-11-7-8-18-12(9-15)13(11)19-14(16)10-5-3-2-4-6-10/h2-8,11-13H,9H2,1H3/t11?,12?,13-/m0/s1. The van der Waals surface area contributed by atoms with Crippen LogP contribution in [0.15, 0.2) is 42.7 Å². The lowest BCUT2D eigenvalue weighted by atomic mass is 10.1. The second kappa shape index (κ2) is 6.73. The number of alkyl halides is 1. The first-order valence-corrected chi connectivity index (χ1v) is 7.05. The van der Waals surface area contributed by atoms with Gasteiger partial charge in [-0.25, -0.2) is 4.79 Å². The van der Waals surface area contributed by atoms with Crippen molar-refractivity contribution in [3.8, 4) is 0 Å². The van der Waals surface area contributed by atoms with Gasteiger partial charge in [-0.2, -0.15) is 0 Å². The molecule has 0 aliphatic carbocycles. The number of ether oxygens (including phenoxy) is 3. The van der Waals surface area contributed by atoms with E-state index < -0.39 is 6.10 Å². The lowest BCUT2D eigenvalue weighted by Gasteiger charge is -2.32. The number of carbonyl (C=O) groups is 1. The van der Waals surface area contributed by atoms with E-state index in [1.54, 1.807) is 43.7 Å². The highest BCUT2D eigenvalue weighted by atomic mass is 79.9. The smallest absolute Gasteiger partial charge is 0.338 e. The topological polar surface area (TPSA) is 44.8 Å². The van der Waals surface area contributed by atoms with Crippen molar-refractivity contribution in [3.05, 3.63) is 48.2 Å². The minimum absolute atomic E-state index is 0.261. The summed E-state index contributed by atoms with van der Waals surface area (Å²) < 4.78 is 16.2. The molecule has 2 rings (SSSR count). The van der Waals surface area contributed by atoms with Crippen LogP contribution in [0.2, 0.25) is 0 Å². The molecule has 1 aliphatic rings. The summed E-state index contributed by atoms with van der Waals surface area (Å²) in [6, 6.07) is 8.87. The van der Waals surface area contributed by atoms with Crippen molar-refractivity contribution in [2.24, 2.45) is 0 Å². The lowest BCUT2D eigenvalue weighted by molar-refractivity contribution is -0.0794. The molecule has 2 unspecified atom stereocenters. The number of halogens is 1. The molecule has 0 spiro atoms. The molecular formula is C14H15BrO4. The van der Waals surface area contributed by atoms with E-state index in [0.717, 1.165) is 0 Å². The molecule has 1 aromatic carbocycles. The van der Waals surface area contributed by atoms with Gasteiger partial charge in [0.05, 0.1) is 11.8 Å². The van der Waals surface area contributed by atoms with Crippen molar-refractivity contribution >= 4 is 21.9 Å². The number of rotatable bonds is 4. The van der Waals surface area contributed by atoms with Gasteiger partial charge < -0.3 is 14.2 Å². The highest BCUT2D eigenvalue weighted by Crippen LogP contribution is 2.21. The third kappa shape index (κ3) is 3.36.